The first kappa shape index (κ1) is 21.0. The van der Waals surface area contributed by atoms with E-state index in [0.717, 1.165) is 46.6 Å². The van der Waals surface area contributed by atoms with E-state index in [4.69, 9.17) is 0 Å². The highest BCUT2D eigenvalue weighted by atomic mass is 32.2. The van der Waals surface area contributed by atoms with Crippen LogP contribution in [-0.2, 0) is 23.1 Å². The summed E-state index contributed by atoms with van der Waals surface area (Å²) in [6, 6.07) is 7.01. The second kappa shape index (κ2) is 7.62. The van der Waals surface area contributed by atoms with E-state index in [9.17, 15) is 14.4 Å². The molecule has 0 fully saturated rings. The molecule has 0 saturated carbocycles. The SMILES string of the molecule is CC(C)(C)c1cc(=O)[nH]c2cc(NC(=O)CC3CSc4nc5c(c(=O)n43)CCC5)ccc12. The van der Waals surface area contributed by atoms with E-state index in [-0.39, 0.29) is 34.9 Å². The van der Waals surface area contributed by atoms with Gasteiger partial charge in [0.2, 0.25) is 11.5 Å². The van der Waals surface area contributed by atoms with Gasteiger partial charge in [-0.2, -0.15) is 0 Å². The number of anilines is 1. The minimum Gasteiger partial charge on any atom is -0.326 e. The van der Waals surface area contributed by atoms with Crippen LogP contribution in [0.15, 0.2) is 39.0 Å². The molecule has 2 N–H and O–H groups in total. The number of aromatic amines is 1. The Hall–Kier alpha value is -2.87. The molecule has 1 aromatic carbocycles. The van der Waals surface area contributed by atoms with Gasteiger partial charge >= 0.3 is 0 Å². The predicted molar refractivity (Wildman–Crippen MR) is 127 cm³/mol. The van der Waals surface area contributed by atoms with Gasteiger partial charge in [-0.1, -0.05) is 38.6 Å². The smallest absolute Gasteiger partial charge is 0.257 e. The molecule has 2 aromatic heterocycles. The zero-order valence-electron chi connectivity index (χ0n) is 18.4. The van der Waals surface area contributed by atoms with Crippen molar-refractivity contribution in [2.24, 2.45) is 0 Å². The van der Waals surface area contributed by atoms with Crippen molar-refractivity contribution in [3.63, 3.8) is 0 Å². The Morgan fingerprint density at radius 2 is 2.06 bits per heavy atom. The summed E-state index contributed by atoms with van der Waals surface area (Å²) in [5, 5.41) is 4.62. The Balaban J connectivity index is 1.38. The summed E-state index contributed by atoms with van der Waals surface area (Å²) in [5.74, 6) is 0.503. The number of amides is 1. The second-order valence-corrected chi connectivity index (χ2v) is 10.6. The molecule has 5 rings (SSSR count). The minimum atomic E-state index is -0.200. The van der Waals surface area contributed by atoms with Gasteiger partial charge < -0.3 is 10.3 Å². The fourth-order valence-corrected chi connectivity index (χ4v) is 5.84. The number of fused-ring (bicyclic) bond motifs is 3. The average molecular weight is 451 g/mol. The normalized spacial score (nSPS) is 17.4. The van der Waals surface area contributed by atoms with E-state index >= 15 is 0 Å². The molecule has 1 aliphatic carbocycles. The van der Waals surface area contributed by atoms with Crippen molar-refractivity contribution in [3.8, 4) is 0 Å². The molecule has 2 aliphatic rings. The maximum absolute atomic E-state index is 12.9. The fraction of sp³-hybridized carbons (Fsp3) is 0.417. The molecule has 1 unspecified atom stereocenters. The Labute approximate surface area is 189 Å². The second-order valence-electron chi connectivity index (χ2n) is 9.62. The summed E-state index contributed by atoms with van der Waals surface area (Å²) >= 11 is 1.54. The number of H-pyrrole nitrogens is 1. The highest BCUT2D eigenvalue weighted by Gasteiger charge is 2.31. The Kier molecular flexibility index (Phi) is 5.00. The van der Waals surface area contributed by atoms with Gasteiger partial charge in [-0.25, -0.2) is 4.98 Å². The molecule has 0 radical (unpaired) electrons. The standard InChI is InChI=1S/C24H26N4O3S/c1-24(2,3)17-11-21(30)26-19-9-13(7-8-15(17)19)25-20(29)10-14-12-32-23-27-18-6-4-5-16(18)22(31)28(14)23/h7-9,11,14H,4-6,10,12H2,1-3H3,(H,25,29)(H,26,30). The molecule has 8 heteroatoms. The zero-order valence-corrected chi connectivity index (χ0v) is 19.3. The van der Waals surface area contributed by atoms with Gasteiger partial charge in [-0.05, 0) is 42.4 Å². The number of benzene rings is 1. The van der Waals surface area contributed by atoms with Crippen molar-refractivity contribution in [1.29, 1.82) is 0 Å². The lowest BCUT2D eigenvalue weighted by Crippen LogP contribution is -2.30. The van der Waals surface area contributed by atoms with Gasteiger partial charge in [0.15, 0.2) is 5.16 Å². The van der Waals surface area contributed by atoms with Crippen molar-refractivity contribution in [2.45, 2.75) is 63.1 Å². The fourth-order valence-electron chi connectivity index (χ4n) is 4.69. The number of nitrogens with zero attached hydrogens (tertiary/aromatic N) is 2. The number of rotatable bonds is 3. The highest BCUT2D eigenvalue weighted by Crippen LogP contribution is 2.34. The number of carbonyl (C=O) groups excluding carboxylic acids is 1. The molecule has 7 nitrogen and oxygen atoms in total. The lowest BCUT2D eigenvalue weighted by Gasteiger charge is -2.21. The van der Waals surface area contributed by atoms with Crippen LogP contribution in [0, 0.1) is 0 Å². The number of carbonyl (C=O) groups is 1. The molecule has 3 aromatic rings. The van der Waals surface area contributed by atoms with Crippen LogP contribution in [0.1, 0.15) is 56.5 Å². The van der Waals surface area contributed by atoms with Crippen LogP contribution in [0.5, 0.6) is 0 Å². The summed E-state index contributed by atoms with van der Waals surface area (Å²) in [6.45, 7) is 6.21. The van der Waals surface area contributed by atoms with Gasteiger partial charge in [0.25, 0.3) is 5.56 Å². The molecule has 1 aliphatic heterocycles. The molecule has 166 valence electrons. The van der Waals surface area contributed by atoms with E-state index in [1.165, 1.54) is 0 Å². The summed E-state index contributed by atoms with van der Waals surface area (Å²) in [7, 11) is 0. The molecule has 0 spiro atoms. The minimum absolute atomic E-state index is 0.0169. The molecule has 3 heterocycles. The Morgan fingerprint density at radius 1 is 1.25 bits per heavy atom. The highest BCUT2D eigenvalue weighted by molar-refractivity contribution is 7.99. The lowest BCUT2D eigenvalue weighted by atomic mass is 9.85. The van der Waals surface area contributed by atoms with E-state index in [2.05, 4.69) is 36.1 Å². The molecule has 0 bridgehead atoms. The van der Waals surface area contributed by atoms with Crippen molar-refractivity contribution in [1.82, 2.24) is 14.5 Å². The van der Waals surface area contributed by atoms with Crippen LogP contribution in [0.3, 0.4) is 0 Å². The van der Waals surface area contributed by atoms with Gasteiger partial charge in [-0.3, -0.25) is 19.0 Å². The molecular weight excluding hydrogens is 424 g/mol. The van der Waals surface area contributed by atoms with Gasteiger partial charge in [-0.15, -0.1) is 0 Å². The van der Waals surface area contributed by atoms with E-state index in [1.54, 1.807) is 28.5 Å². The van der Waals surface area contributed by atoms with E-state index in [1.807, 2.05) is 12.1 Å². The monoisotopic (exact) mass is 450 g/mol. The predicted octanol–water partition coefficient (Wildman–Crippen LogP) is 3.55. The van der Waals surface area contributed by atoms with Gasteiger partial charge in [0.1, 0.15) is 0 Å². The van der Waals surface area contributed by atoms with Crippen LogP contribution in [0.25, 0.3) is 10.9 Å². The summed E-state index contributed by atoms with van der Waals surface area (Å²) in [6.07, 6.45) is 2.82. The first-order chi connectivity index (χ1) is 15.2. The summed E-state index contributed by atoms with van der Waals surface area (Å²) in [4.78, 5) is 45.5. The number of thioether (sulfide) groups is 1. The van der Waals surface area contributed by atoms with Crippen LogP contribution >= 0.6 is 11.8 Å². The van der Waals surface area contributed by atoms with Crippen molar-refractivity contribution in [2.75, 3.05) is 11.1 Å². The van der Waals surface area contributed by atoms with Gasteiger partial charge in [0, 0.05) is 34.9 Å². The van der Waals surface area contributed by atoms with E-state index < -0.39 is 0 Å². The maximum atomic E-state index is 12.9. The summed E-state index contributed by atoms with van der Waals surface area (Å²) < 4.78 is 1.71. The van der Waals surface area contributed by atoms with Crippen molar-refractivity contribution < 1.29 is 4.79 Å². The molecular formula is C24H26N4O3S. The van der Waals surface area contributed by atoms with Crippen molar-refractivity contribution >= 4 is 34.3 Å². The third-order valence-corrected chi connectivity index (χ3v) is 7.33. The van der Waals surface area contributed by atoms with Crippen LogP contribution in [0.4, 0.5) is 5.69 Å². The van der Waals surface area contributed by atoms with E-state index in [0.29, 0.717) is 17.0 Å². The number of hydrogen-bond donors (Lipinski definition) is 2. The van der Waals surface area contributed by atoms with Crippen LogP contribution in [-0.4, -0.2) is 26.2 Å². The Morgan fingerprint density at radius 3 is 2.84 bits per heavy atom. The number of aromatic nitrogens is 3. The lowest BCUT2D eigenvalue weighted by molar-refractivity contribution is -0.116. The zero-order chi connectivity index (χ0) is 22.6. The number of hydrogen-bond acceptors (Lipinski definition) is 5. The Bertz CT molecular complexity index is 1370. The summed E-state index contributed by atoms with van der Waals surface area (Å²) in [5.41, 5.74) is 3.70. The molecule has 1 atom stereocenters. The average Bonchev–Trinajstić information content (AvgIpc) is 3.34. The molecule has 1 amide bonds. The number of pyridine rings is 1. The quantitative estimate of drug-likeness (QED) is 0.595. The third kappa shape index (κ3) is 3.66. The first-order valence-corrected chi connectivity index (χ1v) is 11.9. The first-order valence-electron chi connectivity index (χ1n) is 11.0. The number of aryl methyl sites for hydroxylation is 1. The van der Waals surface area contributed by atoms with Gasteiger partial charge in [0.05, 0.1) is 17.3 Å². The largest absolute Gasteiger partial charge is 0.326 e. The topological polar surface area (TPSA) is 96.8 Å². The van der Waals surface area contributed by atoms with Crippen LogP contribution < -0.4 is 16.4 Å². The maximum Gasteiger partial charge on any atom is 0.257 e. The third-order valence-electron chi connectivity index (χ3n) is 6.23. The molecule has 0 saturated heterocycles. The molecule has 32 heavy (non-hydrogen) atoms. The van der Waals surface area contributed by atoms with Crippen molar-refractivity contribution in [3.05, 3.63) is 61.8 Å². The number of nitrogens with one attached hydrogen (secondary N) is 2. The van der Waals surface area contributed by atoms with Crippen LogP contribution in [0.2, 0.25) is 0 Å².